The average Bonchev–Trinajstić information content (AvgIpc) is 3.26. The van der Waals surface area contributed by atoms with E-state index in [1.807, 2.05) is 25.1 Å². The first kappa shape index (κ1) is 19.8. The first-order chi connectivity index (χ1) is 13.0. The Balaban J connectivity index is 1.62. The minimum absolute atomic E-state index is 0.147. The largest absolute Gasteiger partial charge is 0.493 e. The van der Waals surface area contributed by atoms with Gasteiger partial charge in [0.1, 0.15) is 18.1 Å². The maximum atomic E-state index is 12.5. The zero-order chi connectivity index (χ0) is 19.4. The predicted octanol–water partition coefficient (Wildman–Crippen LogP) is 4.16. The van der Waals surface area contributed by atoms with Gasteiger partial charge in [0.15, 0.2) is 11.5 Å². The fourth-order valence-electron chi connectivity index (χ4n) is 3.09. The second-order valence-corrected chi connectivity index (χ2v) is 7.31. The molecule has 1 amide bonds. The zero-order valence-corrected chi connectivity index (χ0v) is 17.4. The van der Waals surface area contributed by atoms with E-state index in [0.717, 1.165) is 25.0 Å². The molecule has 1 aliphatic heterocycles. The Kier molecular flexibility index (Phi) is 6.44. The van der Waals surface area contributed by atoms with Gasteiger partial charge in [-0.3, -0.25) is 4.79 Å². The van der Waals surface area contributed by atoms with E-state index < -0.39 is 0 Å². The number of nitrogens with one attached hydrogen (secondary N) is 1. The summed E-state index contributed by atoms with van der Waals surface area (Å²) in [6.07, 6.45) is 2.25. The summed E-state index contributed by atoms with van der Waals surface area (Å²) >= 11 is 3.40. The number of hydrogen-bond donors (Lipinski definition) is 1. The number of hydrogen-bond acceptors (Lipinski definition) is 5. The van der Waals surface area contributed by atoms with E-state index in [1.165, 1.54) is 0 Å². The topological polar surface area (TPSA) is 69.9 Å². The van der Waals surface area contributed by atoms with E-state index in [4.69, 9.17) is 18.6 Å². The number of halogens is 1. The summed E-state index contributed by atoms with van der Waals surface area (Å²) in [4.78, 5) is 12.5. The number of methoxy groups -OCH3 is 1. The summed E-state index contributed by atoms with van der Waals surface area (Å²) < 4.78 is 23.0. The summed E-state index contributed by atoms with van der Waals surface area (Å²) in [7, 11) is 1.60. The van der Waals surface area contributed by atoms with Gasteiger partial charge in [0.25, 0.3) is 5.91 Å². The fraction of sp³-hybridized carbons (Fsp3) is 0.450. The Morgan fingerprint density at radius 3 is 2.74 bits per heavy atom. The predicted molar refractivity (Wildman–Crippen MR) is 105 cm³/mol. The molecule has 1 aromatic heterocycles. The van der Waals surface area contributed by atoms with E-state index in [0.29, 0.717) is 46.2 Å². The maximum Gasteiger partial charge on any atom is 0.256 e. The molecule has 1 N–H and O–H groups in total. The van der Waals surface area contributed by atoms with Gasteiger partial charge < -0.3 is 23.9 Å². The minimum Gasteiger partial charge on any atom is -0.493 e. The second-order valence-electron chi connectivity index (χ2n) is 6.52. The van der Waals surface area contributed by atoms with Crippen LogP contribution >= 0.6 is 15.9 Å². The lowest BCUT2D eigenvalue weighted by molar-refractivity contribution is 0.0669. The first-order valence-electron chi connectivity index (χ1n) is 8.94. The van der Waals surface area contributed by atoms with Gasteiger partial charge in [-0.2, -0.15) is 0 Å². The molecule has 0 saturated carbocycles. The molecule has 7 heteroatoms. The lowest BCUT2D eigenvalue weighted by atomic mass is 10.2. The lowest BCUT2D eigenvalue weighted by Crippen LogP contribution is -2.23. The van der Waals surface area contributed by atoms with Crippen molar-refractivity contribution in [3.63, 3.8) is 0 Å². The van der Waals surface area contributed by atoms with Crippen LogP contribution in [0.4, 0.5) is 0 Å². The molecule has 0 bridgehead atoms. The van der Waals surface area contributed by atoms with E-state index >= 15 is 0 Å². The van der Waals surface area contributed by atoms with Gasteiger partial charge in [-0.15, -0.1) is 0 Å². The Bertz CT molecular complexity index is 811. The van der Waals surface area contributed by atoms with Crippen LogP contribution in [0.2, 0.25) is 0 Å². The first-order valence-corrected chi connectivity index (χ1v) is 9.74. The lowest BCUT2D eigenvalue weighted by Gasteiger charge is -2.15. The molecule has 1 unspecified atom stereocenters. The number of ether oxygens (including phenoxy) is 3. The van der Waals surface area contributed by atoms with E-state index in [-0.39, 0.29) is 12.0 Å². The van der Waals surface area contributed by atoms with Crippen molar-refractivity contribution >= 4 is 21.8 Å². The van der Waals surface area contributed by atoms with Crippen LogP contribution in [0, 0.1) is 13.8 Å². The monoisotopic (exact) mass is 437 g/mol. The van der Waals surface area contributed by atoms with Crippen molar-refractivity contribution in [2.45, 2.75) is 39.3 Å². The molecule has 6 nitrogen and oxygen atoms in total. The van der Waals surface area contributed by atoms with Crippen molar-refractivity contribution in [1.29, 1.82) is 0 Å². The van der Waals surface area contributed by atoms with Gasteiger partial charge in [0.2, 0.25) is 0 Å². The third kappa shape index (κ3) is 4.65. The highest BCUT2D eigenvalue weighted by Gasteiger charge is 2.20. The van der Waals surface area contributed by atoms with Crippen LogP contribution in [0.1, 0.15) is 40.3 Å². The minimum atomic E-state index is -0.186. The number of benzene rings is 1. The normalized spacial score (nSPS) is 16.4. The van der Waals surface area contributed by atoms with Crippen LogP contribution in [0.5, 0.6) is 11.5 Å². The fourth-order valence-corrected chi connectivity index (χ4v) is 3.63. The molecule has 0 spiro atoms. The smallest absolute Gasteiger partial charge is 0.256 e. The number of rotatable bonds is 7. The molecule has 146 valence electrons. The van der Waals surface area contributed by atoms with Gasteiger partial charge in [-0.25, -0.2) is 0 Å². The summed E-state index contributed by atoms with van der Waals surface area (Å²) in [6.45, 7) is 5.27. The summed E-state index contributed by atoms with van der Waals surface area (Å²) in [5.41, 5.74) is 1.44. The van der Waals surface area contributed by atoms with Crippen molar-refractivity contribution in [3.05, 3.63) is 45.3 Å². The molecule has 1 fully saturated rings. The van der Waals surface area contributed by atoms with Crippen LogP contribution in [0.15, 0.2) is 27.1 Å². The molecular weight excluding hydrogens is 414 g/mol. The maximum absolute atomic E-state index is 12.5. The second kappa shape index (κ2) is 8.80. The standard InChI is InChI=1S/C20H24BrNO5/c1-12-18(19(21)13(2)27-12)20(23)22-10-14-6-7-16(17(9-14)24-3)26-11-15-5-4-8-25-15/h6-7,9,15H,4-5,8,10-11H2,1-3H3,(H,22,23). The zero-order valence-electron chi connectivity index (χ0n) is 15.8. The quantitative estimate of drug-likeness (QED) is 0.703. The van der Waals surface area contributed by atoms with Crippen molar-refractivity contribution in [1.82, 2.24) is 5.32 Å². The Morgan fingerprint density at radius 1 is 1.30 bits per heavy atom. The third-order valence-electron chi connectivity index (χ3n) is 4.54. The van der Waals surface area contributed by atoms with E-state index in [1.54, 1.807) is 14.0 Å². The Hall–Kier alpha value is -1.99. The SMILES string of the molecule is COc1cc(CNC(=O)c2c(C)oc(C)c2Br)ccc1OCC1CCCO1. The molecule has 0 radical (unpaired) electrons. The number of amides is 1. The highest BCUT2D eigenvalue weighted by molar-refractivity contribution is 9.10. The molecule has 0 aliphatic carbocycles. The number of carbonyl (C=O) groups is 1. The van der Waals surface area contributed by atoms with E-state index in [2.05, 4.69) is 21.2 Å². The number of furan rings is 1. The molecular formula is C20H24BrNO5. The Labute approximate surface area is 167 Å². The van der Waals surface area contributed by atoms with Gasteiger partial charge >= 0.3 is 0 Å². The van der Waals surface area contributed by atoms with Crippen molar-refractivity contribution in [3.8, 4) is 11.5 Å². The molecule has 27 heavy (non-hydrogen) atoms. The van der Waals surface area contributed by atoms with Crippen LogP contribution in [-0.2, 0) is 11.3 Å². The molecule has 2 aromatic rings. The van der Waals surface area contributed by atoms with Crippen molar-refractivity contribution in [2.75, 3.05) is 20.3 Å². The molecule has 3 rings (SSSR count). The highest BCUT2D eigenvalue weighted by atomic mass is 79.9. The van der Waals surface area contributed by atoms with Gasteiger partial charge in [-0.05, 0) is 60.3 Å². The third-order valence-corrected chi connectivity index (χ3v) is 5.50. The van der Waals surface area contributed by atoms with Crippen LogP contribution in [0.3, 0.4) is 0 Å². The van der Waals surface area contributed by atoms with Crippen LogP contribution in [0.25, 0.3) is 0 Å². The molecule has 2 heterocycles. The summed E-state index contributed by atoms with van der Waals surface area (Å²) in [5, 5.41) is 2.91. The number of carbonyl (C=O) groups excluding carboxylic acids is 1. The molecule has 1 atom stereocenters. The van der Waals surface area contributed by atoms with Gasteiger partial charge in [0, 0.05) is 13.2 Å². The van der Waals surface area contributed by atoms with Crippen molar-refractivity contribution in [2.24, 2.45) is 0 Å². The molecule has 1 aliphatic rings. The van der Waals surface area contributed by atoms with Gasteiger partial charge in [-0.1, -0.05) is 6.07 Å². The molecule has 1 saturated heterocycles. The van der Waals surface area contributed by atoms with Crippen LogP contribution < -0.4 is 14.8 Å². The van der Waals surface area contributed by atoms with Crippen molar-refractivity contribution < 1.29 is 23.4 Å². The molecule has 1 aromatic carbocycles. The average molecular weight is 438 g/mol. The number of aryl methyl sites for hydroxylation is 2. The summed E-state index contributed by atoms with van der Waals surface area (Å²) in [5.74, 6) is 2.40. The van der Waals surface area contributed by atoms with Gasteiger partial charge in [0.05, 0.1) is 23.2 Å². The van der Waals surface area contributed by atoms with E-state index in [9.17, 15) is 4.79 Å². The summed E-state index contributed by atoms with van der Waals surface area (Å²) in [6, 6.07) is 5.64. The highest BCUT2D eigenvalue weighted by Crippen LogP contribution is 2.30. The van der Waals surface area contributed by atoms with Crippen LogP contribution in [-0.4, -0.2) is 32.3 Å². The Morgan fingerprint density at radius 2 is 2.11 bits per heavy atom.